The summed E-state index contributed by atoms with van der Waals surface area (Å²) in [4.78, 5) is 19.9. The van der Waals surface area contributed by atoms with E-state index in [1.54, 1.807) is 0 Å². The van der Waals surface area contributed by atoms with Crippen molar-refractivity contribution >= 4 is 5.91 Å². The normalized spacial score (nSPS) is 26.2. The van der Waals surface area contributed by atoms with E-state index in [0.717, 1.165) is 58.7 Å². The number of piperidine rings is 1. The molecule has 0 radical (unpaired) electrons. The molecule has 4 heteroatoms. The number of hydrogen-bond donors (Lipinski definition) is 0. The van der Waals surface area contributed by atoms with Crippen LogP contribution in [0.3, 0.4) is 0 Å². The lowest BCUT2D eigenvalue weighted by Crippen LogP contribution is -2.53. The van der Waals surface area contributed by atoms with Crippen LogP contribution in [0.4, 0.5) is 0 Å². The minimum Gasteiger partial charge on any atom is -0.339 e. The van der Waals surface area contributed by atoms with Crippen LogP contribution in [-0.4, -0.2) is 72.5 Å². The van der Waals surface area contributed by atoms with Crippen molar-refractivity contribution < 1.29 is 4.79 Å². The average molecular weight is 322 g/mol. The zero-order chi connectivity index (χ0) is 16.9. The smallest absolute Gasteiger partial charge is 0.224 e. The van der Waals surface area contributed by atoms with Gasteiger partial charge in [0, 0.05) is 51.7 Å². The van der Waals surface area contributed by atoms with E-state index in [1.807, 2.05) is 6.08 Å². The van der Waals surface area contributed by atoms with Crippen molar-refractivity contribution in [2.24, 2.45) is 5.41 Å². The number of nitrogens with zero attached hydrogens (tertiary/aromatic N) is 3. The van der Waals surface area contributed by atoms with Crippen molar-refractivity contribution in [3.05, 3.63) is 12.7 Å². The molecule has 2 fully saturated rings. The van der Waals surface area contributed by atoms with Gasteiger partial charge in [-0.15, -0.1) is 6.58 Å². The average Bonchev–Trinajstić information content (AvgIpc) is 2.55. The molecule has 0 aromatic carbocycles. The maximum atomic E-state index is 12.8. The Balaban J connectivity index is 1.85. The van der Waals surface area contributed by atoms with Gasteiger partial charge in [-0.1, -0.05) is 26.8 Å². The van der Waals surface area contributed by atoms with E-state index in [0.29, 0.717) is 18.4 Å². The third-order valence-electron chi connectivity index (χ3n) is 5.76. The van der Waals surface area contributed by atoms with Crippen molar-refractivity contribution in [2.45, 2.75) is 52.5 Å². The second kappa shape index (κ2) is 8.29. The van der Waals surface area contributed by atoms with Gasteiger partial charge in [-0.25, -0.2) is 0 Å². The summed E-state index contributed by atoms with van der Waals surface area (Å²) in [5.74, 6) is 0.336. The highest BCUT2D eigenvalue weighted by molar-refractivity contribution is 5.77. The number of piperazine rings is 1. The van der Waals surface area contributed by atoms with Gasteiger partial charge >= 0.3 is 0 Å². The Morgan fingerprint density at radius 2 is 1.83 bits per heavy atom. The van der Waals surface area contributed by atoms with Crippen molar-refractivity contribution in [2.75, 3.05) is 45.8 Å². The summed E-state index contributed by atoms with van der Waals surface area (Å²) in [6, 6.07) is 0.318. The van der Waals surface area contributed by atoms with Crippen LogP contribution in [0.1, 0.15) is 46.5 Å². The second-order valence-corrected chi connectivity index (χ2v) is 7.75. The minimum atomic E-state index is 0.203. The molecular formula is C19H35N3O. The Morgan fingerprint density at radius 3 is 2.43 bits per heavy atom. The summed E-state index contributed by atoms with van der Waals surface area (Å²) < 4.78 is 0. The molecule has 0 spiro atoms. The molecule has 1 atom stereocenters. The molecule has 0 aromatic heterocycles. The van der Waals surface area contributed by atoms with Crippen LogP contribution in [0.2, 0.25) is 0 Å². The van der Waals surface area contributed by atoms with Crippen LogP contribution < -0.4 is 0 Å². The maximum Gasteiger partial charge on any atom is 0.224 e. The Bertz CT molecular complexity index is 399. The number of carbonyl (C=O) groups is 1. The van der Waals surface area contributed by atoms with Crippen LogP contribution >= 0.6 is 0 Å². The molecule has 2 aliphatic rings. The van der Waals surface area contributed by atoms with Crippen LogP contribution in [-0.2, 0) is 4.79 Å². The summed E-state index contributed by atoms with van der Waals surface area (Å²) in [5.41, 5.74) is 0.203. The molecule has 0 N–H and O–H groups in total. The minimum absolute atomic E-state index is 0.203. The van der Waals surface area contributed by atoms with E-state index in [4.69, 9.17) is 0 Å². The lowest BCUT2D eigenvalue weighted by atomic mass is 9.75. The van der Waals surface area contributed by atoms with Crippen molar-refractivity contribution in [3.63, 3.8) is 0 Å². The van der Waals surface area contributed by atoms with E-state index in [2.05, 4.69) is 42.0 Å². The summed E-state index contributed by atoms with van der Waals surface area (Å²) >= 11 is 0. The summed E-state index contributed by atoms with van der Waals surface area (Å²) in [7, 11) is 0. The fourth-order valence-corrected chi connectivity index (χ4v) is 4.08. The number of likely N-dealkylation sites (tertiary alicyclic amines) is 1. The van der Waals surface area contributed by atoms with Gasteiger partial charge in [-0.2, -0.15) is 0 Å². The van der Waals surface area contributed by atoms with Gasteiger partial charge in [0.25, 0.3) is 0 Å². The first-order valence-electron chi connectivity index (χ1n) is 9.33. The molecule has 2 aliphatic heterocycles. The quantitative estimate of drug-likeness (QED) is 0.704. The lowest BCUT2D eigenvalue weighted by Gasteiger charge is -2.46. The Hall–Kier alpha value is -0.870. The van der Waals surface area contributed by atoms with Gasteiger partial charge in [0.1, 0.15) is 0 Å². The SMILES string of the molecule is C=CC[C@@H]1N(C(=O)CCN2CCN(CC)CC2)CCCC1(C)C. The first kappa shape index (κ1) is 18.5. The molecule has 2 heterocycles. The van der Waals surface area contributed by atoms with Gasteiger partial charge < -0.3 is 14.7 Å². The monoisotopic (exact) mass is 321 g/mol. The van der Waals surface area contributed by atoms with Gasteiger partial charge in [0.05, 0.1) is 0 Å². The standard InChI is InChI=1S/C19H35N3O/c1-5-8-17-19(3,4)10-7-11-22(17)18(23)9-12-21-15-13-20(6-2)14-16-21/h5,17H,1,6-16H2,2-4H3/t17-/m0/s1. The maximum absolute atomic E-state index is 12.8. The van der Waals surface area contributed by atoms with Crippen LogP contribution in [0.15, 0.2) is 12.7 Å². The fraction of sp³-hybridized carbons (Fsp3) is 0.842. The molecule has 2 rings (SSSR count). The number of amides is 1. The summed E-state index contributed by atoms with van der Waals surface area (Å²) in [5, 5.41) is 0. The largest absolute Gasteiger partial charge is 0.339 e. The molecule has 23 heavy (non-hydrogen) atoms. The van der Waals surface area contributed by atoms with Crippen LogP contribution in [0.25, 0.3) is 0 Å². The van der Waals surface area contributed by atoms with E-state index >= 15 is 0 Å². The number of likely N-dealkylation sites (N-methyl/N-ethyl adjacent to an activating group) is 1. The second-order valence-electron chi connectivity index (χ2n) is 7.75. The molecule has 2 saturated heterocycles. The van der Waals surface area contributed by atoms with Gasteiger partial charge in [0.15, 0.2) is 0 Å². The highest BCUT2D eigenvalue weighted by Crippen LogP contribution is 2.37. The summed E-state index contributed by atoms with van der Waals surface area (Å²) in [6.45, 7) is 18.2. The first-order valence-corrected chi connectivity index (χ1v) is 9.33. The van der Waals surface area contributed by atoms with E-state index < -0.39 is 0 Å². The molecule has 0 aliphatic carbocycles. The molecule has 0 bridgehead atoms. The van der Waals surface area contributed by atoms with E-state index in [-0.39, 0.29) is 5.41 Å². The third-order valence-corrected chi connectivity index (χ3v) is 5.76. The van der Waals surface area contributed by atoms with Gasteiger partial charge in [0.2, 0.25) is 5.91 Å². The molecular weight excluding hydrogens is 286 g/mol. The van der Waals surface area contributed by atoms with E-state index in [9.17, 15) is 4.79 Å². The number of hydrogen-bond acceptors (Lipinski definition) is 3. The number of carbonyl (C=O) groups excluding carboxylic acids is 1. The van der Waals surface area contributed by atoms with Crippen molar-refractivity contribution in [3.8, 4) is 0 Å². The van der Waals surface area contributed by atoms with Gasteiger partial charge in [-0.3, -0.25) is 4.79 Å². The van der Waals surface area contributed by atoms with E-state index in [1.165, 1.54) is 6.42 Å². The molecule has 0 aromatic rings. The predicted octanol–water partition coefficient (Wildman–Crippen LogP) is 2.61. The lowest BCUT2D eigenvalue weighted by molar-refractivity contribution is -0.139. The predicted molar refractivity (Wildman–Crippen MR) is 96.5 cm³/mol. The number of rotatable bonds is 6. The fourth-order valence-electron chi connectivity index (χ4n) is 4.08. The Labute approximate surface area is 142 Å². The van der Waals surface area contributed by atoms with Crippen LogP contribution in [0.5, 0.6) is 0 Å². The summed E-state index contributed by atoms with van der Waals surface area (Å²) in [6.07, 6.45) is 5.88. The molecule has 0 saturated carbocycles. The van der Waals surface area contributed by atoms with Crippen molar-refractivity contribution in [1.29, 1.82) is 0 Å². The Kier molecular flexibility index (Phi) is 6.66. The molecule has 0 unspecified atom stereocenters. The first-order chi connectivity index (χ1) is 11.0. The molecule has 1 amide bonds. The topological polar surface area (TPSA) is 26.8 Å². The zero-order valence-electron chi connectivity index (χ0n) is 15.4. The van der Waals surface area contributed by atoms with Gasteiger partial charge in [-0.05, 0) is 31.2 Å². The highest BCUT2D eigenvalue weighted by atomic mass is 16.2. The molecule has 132 valence electrons. The third kappa shape index (κ3) is 4.80. The Morgan fingerprint density at radius 1 is 1.17 bits per heavy atom. The van der Waals surface area contributed by atoms with Crippen molar-refractivity contribution in [1.82, 2.24) is 14.7 Å². The molecule has 4 nitrogen and oxygen atoms in total. The van der Waals surface area contributed by atoms with Crippen LogP contribution in [0, 0.1) is 5.41 Å². The zero-order valence-corrected chi connectivity index (χ0v) is 15.4. The highest BCUT2D eigenvalue weighted by Gasteiger charge is 2.38.